The second-order valence-corrected chi connectivity index (χ2v) is 8.74. The van der Waals surface area contributed by atoms with E-state index in [0.29, 0.717) is 10.9 Å². The molecule has 0 atom stereocenters. The number of thiazole rings is 1. The van der Waals surface area contributed by atoms with Gasteiger partial charge in [0.25, 0.3) is 5.91 Å². The Balaban J connectivity index is 1.42. The van der Waals surface area contributed by atoms with E-state index in [1.807, 2.05) is 36.1 Å². The number of carbonyl (C=O) groups is 1. The number of carbonyl (C=O) groups excluding carboxylic acids is 1. The summed E-state index contributed by atoms with van der Waals surface area (Å²) < 4.78 is 0. The molecule has 1 amide bonds. The van der Waals surface area contributed by atoms with Crippen LogP contribution >= 0.6 is 22.9 Å². The molecular formula is C23H23ClN2OS. The van der Waals surface area contributed by atoms with E-state index in [1.54, 1.807) is 0 Å². The number of halogens is 1. The number of hydrogen-bond donors (Lipinski definition) is 0. The van der Waals surface area contributed by atoms with E-state index in [1.165, 1.54) is 16.9 Å². The number of likely N-dealkylation sites (tertiary alicyclic amines) is 1. The van der Waals surface area contributed by atoms with E-state index in [4.69, 9.17) is 11.6 Å². The average molecular weight is 411 g/mol. The van der Waals surface area contributed by atoms with Gasteiger partial charge in [-0.25, -0.2) is 4.98 Å². The SMILES string of the molecule is Cc1nc(-c2ccccc2Cl)sc1C(=O)N1CCC(Cc2ccccc2)CC1. The van der Waals surface area contributed by atoms with Crippen LogP contribution in [0.4, 0.5) is 0 Å². The van der Waals surface area contributed by atoms with Gasteiger partial charge in [0.1, 0.15) is 9.88 Å². The third-order valence-corrected chi connectivity index (χ3v) is 6.87. The molecule has 0 unspecified atom stereocenters. The molecule has 0 aliphatic carbocycles. The Morgan fingerprint density at radius 1 is 1.11 bits per heavy atom. The molecule has 1 aliphatic heterocycles. The summed E-state index contributed by atoms with van der Waals surface area (Å²) in [7, 11) is 0. The molecule has 3 nitrogen and oxygen atoms in total. The van der Waals surface area contributed by atoms with Crippen LogP contribution in [0.5, 0.6) is 0 Å². The second-order valence-electron chi connectivity index (χ2n) is 7.34. The summed E-state index contributed by atoms with van der Waals surface area (Å²) in [6, 6.07) is 18.3. The minimum Gasteiger partial charge on any atom is -0.338 e. The lowest BCUT2D eigenvalue weighted by Gasteiger charge is -2.32. The Bertz CT molecular complexity index is 962. The maximum absolute atomic E-state index is 13.1. The Morgan fingerprint density at radius 3 is 2.50 bits per heavy atom. The zero-order valence-corrected chi connectivity index (χ0v) is 17.5. The molecule has 1 saturated heterocycles. The Kier molecular flexibility index (Phi) is 5.79. The summed E-state index contributed by atoms with van der Waals surface area (Å²) in [6.45, 7) is 3.54. The topological polar surface area (TPSA) is 33.2 Å². The minimum atomic E-state index is 0.103. The van der Waals surface area contributed by atoms with Gasteiger partial charge in [-0.1, -0.05) is 60.1 Å². The van der Waals surface area contributed by atoms with Crippen molar-refractivity contribution in [3.05, 3.63) is 75.8 Å². The predicted octanol–water partition coefficient (Wildman–Crippen LogP) is 5.87. The van der Waals surface area contributed by atoms with Crippen molar-refractivity contribution in [1.29, 1.82) is 0 Å². The van der Waals surface area contributed by atoms with Crippen LogP contribution in [-0.2, 0) is 6.42 Å². The molecule has 0 radical (unpaired) electrons. The van der Waals surface area contributed by atoms with Gasteiger partial charge in [-0.05, 0) is 43.7 Å². The number of rotatable bonds is 4. The number of aryl methyl sites for hydroxylation is 1. The number of benzene rings is 2. The molecule has 0 N–H and O–H groups in total. The van der Waals surface area contributed by atoms with Gasteiger partial charge in [0.2, 0.25) is 0 Å². The van der Waals surface area contributed by atoms with Crippen LogP contribution in [0.3, 0.4) is 0 Å². The Hall–Kier alpha value is -2.17. The Labute approximate surface area is 175 Å². The van der Waals surface area contributed by atoms with E-state index in [9.17, 15) is 4.79 Å². The van der Waals surface area contributed by atoms with Crippen LogP contribution in [-0.4, -0.2) is 28.9 Å². The van der Waals surface area contributed by atoms with Gasteiger partial charge in [-0.2, -0.15) is 0 Å². The molecule has 1 fully saturated rings. The van der Waals surface area contributed by atoms with Crippen LogP contribution in [0.1, 0.15) is 33.8 Å². The predicted molar refractivity (Wildman–Crippen MR) is 116 cm³/mol. The van der Waals surface area contributed by atoms with Crippen LogP contribution < -0.4 is 0 Å². The molecule has 2 heterocycles. The normalized spacial score (nSPS) is 15.0. The first-order valence-electron chi connectivity index (χ1n) is 9.67. The summed E-state index contributed by atoms with van der Waals surface area (Å²) in [5, 5.41) is 1.47. The highest BCUT2D eigenvalue weighted by atomic mass is 35.5. The number of piperidine rings is 1. The quantitative estimate of drug-likeness (QED) is 0.539. The summed E-state index contributed by atoms with van der Waals surface area (Å²) in [5.74, 6) is 0.749. The number of hydrogen-bond acceptors (Lipinski definition) is 3. The average Bonchev–Trinajstić information content (AvgIpc) is 3.10. The highest BCUT2D eigenvalue weighted by molar-refractivity contribution is 7.17. The van der Waals surface area contributed by atoms with Crippen molar-refractivity contribution in [2.24, 2.45) is 5.92 Å². The van der Waals surface area contributed by atoms with Gasteiger partial charge in [-0.3, -0.25) is 4.79 Å². The fourth-order valence-corrected chi connectivity index (χ4v) is 5.13. The first-order valence-corrected chi connectivity index (χ1v) is 10.9. The highest BCUT2D eigenvalue weighted by Crippen LogP contribution is 2.34. The van der Waals surface area contributed by atoms with E-state index in [0.717, 1.165) is 53.5 Å². The van der Waals surface area contributed by atoms with E-state index in [-0.39, 0.29) is 5.91 Å². The molecule has 4 rings (SSSR count). The van der Waals surface area contributed by atoms with E-state index in [2.05, 4.69) is 35.3 Å². The lowest BCUT2D eigenvalue weighted by Crippen LogP contribution is -2.38. The largest absolute Gasteiger partial charge is 0.338 e. The molecule has 3 aromatic rings. The minimum absolute atomic E-state index is 0.103. The van der Waals surface area contributed by atoms with Crippen molar-refractivity contribution < 1.29 is 4.79 Å². The van der Waals surface area contributed by atoms with Gasteiger partial charge >= 0.3 is 0 Å². The molecular weight excluding hydrogens is 388 g/mol. The second kappa shape index (κ2) is 8.46. The van der Waals surface area contributed by atoms with Gasteiger partial charge in [0.05, 0.1) is 10.7 Å². The molecule has 0 spiro atoms. The van der Waals surface area contributed by atoms with E-state index < -0.39 is 0 Å². The maximum atomic E-state index is 13.1. The van der Waals surface area contributed by atoms with Gasteiger partial charge in [-0.15, -0.1) is 11.3 Å². The number of amides is 1. The maximum Gasteiger partial charge on any atom is 0.265 e. The molecule has 144 valence electrons. The summed E-state index contributed by atoms with van der Waals surface area (Å²) in [6.07, 6.45) is 3.20. The molecule has 1 aromatic heterocycles. The van der Waals surface area contributed by atoms with Gasteiger partial charge in [0.15, 0.2) is 0 Å². The summed E-state index contributed by atoms with van der Waals surface area (Å²) >= 11 is 7.75. The number of nitrogens with zero attached hydrogens (tertiary/aromatic N) is 2. The molecule has 28 heavy (non-hydrogen) atoms. The van der Waals surface area contributed by atoms with Crippen molar-refractivity contribution in [3.8, 4) is 10.6 Å². The molecule has 5 heteroatoms. The summed E-state index contributed by atoms with van der Waals surface area (Å²) in [5.41, 5.74) is 3.06. The van der Waals surface area contributed by atoms with Crippen LogP contribution in [0.15, 0.2) is 54.6 Å². The Morgan fingerprint density at radius 2 is 1.79 bits per heavy atom. The van der Waals surface area contributed by atoms with Crippen LogP contribution in [0.2, 0.25) is 5.02 Å². The third kappa shape index (κ3) is 4.13. The van der Waals surface area contributed by atoms with Gasteiger partial charge in [0, 0.05) is 18.7 Å². The zero-order chi connectivity index (χ0) is 19.5. The first-order chi connectivity index (χ1) is 13.6. The fourth-order valence-electron chi connectivity index (χ4n) is 3.78. The number of aromatic nitrogens is 1. The molecule has 1 aliphatic rings. The fraction of sp³-hybridized carbons (Fsp3) is 0.304. The van der Waals surface area contributed by atoms with Crippen molar-refractivity contribution in [2.75, 3.05) is 13.1 Å². The van der Waals surface area contributed by atoms with Crippen molar-refractivity contribution in [2.45, 2.75) is 26.2 Å². The summed E-state index contributed by atoms with van der Waals surface area (Å²) in [4.78, 5) is 20.4. The van der Waals surface area contributed by atoms with Crippen molar-refractivity contribution in [1.82, 2.24) is 9.88 Å². The third-order valence-electron chi connectivity index (χ3n) is 5.36. The lowest BCUT2D eigenvalue weighted by atomic mass is 9.90. The van der Waals surface area contributed by atoms with Crippen molar-refractivity contribution >= 4 is 28.8 Å². The first kappa shape index (κ1) is 19.2. The molecule has 0 saturated carbocycles. The van der Waals surface area contributed by atoms with Gasteiger partial charge < -0.3 is 4.90 Å². The smallest absolute Gasteiger partial charge is 0.265 e. The standard InChI is InChI=1S/C23H23ClN2OS/c1-16-21(28-22(25-16)19-9-5-6-10-20(19)24)23(27)26-13-11-18(12-14-26)15-17-7-3-2-4-8-17/h2-10,18H,11-15H2,1H3. The van der Waals surface area contributed by atoms with Crippen LogP contribution in [0, 0.1) is 12.8 Å². The highest BCUT2D eigenvalue weighted by Gasteiger charge is 2.27. The van der Waals surface area contributed by atoms with Crippen LogP contribution in [0.25, 0.3) is 10.6 Å². The lowest BCUT2D eigenvalue weighted by molar-refractivity contribution is 0.0694. The molecule has 2 aromatic carbocycles. The van der Waals surface area contributed by atoms with Crippen molar-refractivity contribution in [3.63, 3.8) is 0 Å². The zero-order valence-electron chi connectivity index (χ0n) is 15.9. The van der Waals surface area contributed by atoms with E-state index >= 15 is 0 Å². The molecule has 0 bridgehead atoms. The monoisotopic (exact) mass is 410 g/mol.